The van der Waals surface area contributed by atoms with Crippen molar-refractivity contribution < 1.29 is 0 Å². The fraction of sp³-hybridized carbons (Fsp3) is 0.143. The second-order valence-electron chi connectivity index (χ2n) is 4.42. The maximum Gasteiger partial charge on any atom is 0.178 e. The first-order chi connectivity index (χ1) is 8.72. The summed E-state index contributed by atoms with van der Waals surface area (Å²) in [4.78, 5) is 4.46. The number of nitrogens with zero attached hydrogens (tertiary/aromatic N) is 3. The topological polar surface area (TPSA) is 56.2 Å². The molecule has 4 nitrogen and oxygen atoms in total. The van der Waals surface area contributed by atoms with E-state index < -0.39 is 0 Å². The lowest BCUT2D eigenvalue weighted by molar-refractivity contribution is 0.900. The lowest BCUT2D eigenvalue weighted by Crippen LogP contribution is -1.92. The van der Waals surface area contributed by atoms with Gasteiger partial charge in [-0.2, -0.15) is 5.10 Å². The van der Waals surface area contributed by atoms with Crippen LogP contribution in [0.3, 0.4) is 0 Å². The van der Waals surface area contributed by atoms with E-state index >= 15 is 0 Å². The average molecular weight is 238 g/mol. The van der Waals surface area contributed by atoms with E-state index in [0.717, 1.165) is 17.9 Å². The highest BCUT2D eigenvalue weighted by Crippen LogP contribution is 2.13. The van der Waals surface area contributed by atoms with Crippen molar-refractivity contribution in [1.29, 1.82) is 0 Å². The van der Waals surface area contributed by atoms with E-state index in [2.05, 4.69) is 41.3 Å². The number of nitrogens with two attached hydrogens (primary N) is 1. The molecule has 0 aliphatic heterocycles. The molecular weight excluding hydrogens is 224 g/mol. The zero-order valence-electron chi connectivity index (χ0n) is 10.2. The van der Waals surface area contributed by atoms with Crippen molar-refractivity contribution in [2.45, 2.75) is 13.3 Å². The molecular formula is C14H14N4. The van der Waals surface area contributed by atoms with Crippen molar-refractivity contribution in [2.24, 2.45) is 0 Å². The van der Waals surface area contributed by atoms with Crippen LogP contribution in [0, 0.1) is 6.92 Å². The van der Waals surface area contributed by atoms with Gasteiger partial charge in [0.05, 0.1) is 5.69 Å². The Labute approximate surface area is 105 Å². The van der Waals surface area contributed by atoms with Crippen LogP contribution in [0.25, 0.3) is 5.65 Å². The third-order valence-corrected chi connectivity index (χ3v) is 2.92. The summed E-state index contributed by atoms with van der Waals surface area (Å²) < 4.78 is 1.72. The second kappa shape index (κ2) is 4.14. The van der Waals surface area contributed by atoms with Gasteiger partial charge in [0.25, 0.3) is 0 Å². The molecule has 0 aliphatic carbocycles. The molecule has 0 bridgehead atoms. The molecule has 0 radical (unpaired) electrons. The molecule has 3 aromatic rings. The minimum Gasteiger partial charge on any atom is -0.396 e. The van der Waals surface area contributed by atoms with Gasteiger partial charge >= 0.3 is 0 Å². The average Bonchev–Trinajstić information content (AvgIpc) is 2.76. The number of nitrogen functional groups attached to an aromatic ring is 1. The lowest BCUT2D eigenvalue weighted by atomic mass is 10.1. The highest BCUT2D eigenvalue weighted by molar-refractivity contribution is 5.63. The van der Waals surface area contributed by atoms with Crippen LogP contribution < -0.4 is 5.73 Å². The predicted octanol–water partition coefficient (Wildman–Crippen LogP) is 2.21. The van der Waals surface area contributed by atoms with Gasteiger partial charge in [-0.3, -0.25) is 0 Å². The number of aromatic nitrogens is 3. The number of rotatable bonds is 2. The first kappa shape index (κ1) is 10.8. The van der Waals surface area contributed by atoms with E-state index in [-0.39, 0.29) is 0 Å². The Morgan fingerprint density at radius 3 is 2.67 bits per heavy atom. The van der Waals surface area contributed by atoms with Crippen LogP contribution in [0.2, 0.25) is 0 Å². The van der Waals surface area contributed by atoms with Crippen LogP contribution in [-0.4, -0.2) is 14.6 Å². The van der Waals surface area contributed by atoms with Gasteiger partial charge in [-0.25, -0.2) is 9.50 Å². The third kappa shape index (κ3) is 1.93. The molecule has 0 amide bonds. The number of hydrogen-bond acceptors (Lipinski definition) is 3. The molecule has 90 valence electrons. The summed E-state index contributed by atoms with van der Waals surface area (Å²) in [7, 11) is 0. The maximum atomic E-state index is 5.86. The quantitative estimate of drug-likeness (QED) is 0.744. The Morgan fingerprint density at radius 1 is 1.17 bits per heavy atom. The summed E-state index contributed by atoms with van der Waals surface area (Å²) in [5.74, 6) is 0.789. The zero-order valence-corrected chi connectivity index (χ0v) is 10.2. The van der Waals surface area contributed by atoms with E-state index in [4.69, 9.17) is 5.73 Å². The summed E-state index contributed by atoms with van der Waals surface area (Å²) in [6, 6.07) is 12.1. The van der Waals surface area contributed by atoms with E-state index in [1.807, 2.05) is 18.3 Å². The molecule has 0 spiro atoms. The van der Waals surface area contributed by atoms with Crippen molar-refractivity contribution in [3.8, 4) is 0 Å². The summed E-state index contributed by atoms with van der Waals surface area (Å²) in [5, 5.41) is 4.42. The van der Waals surface area contributed by atoms with Crippen LogP contribution in [-0.2, 0) is 6.42 Å². The Morgan fingerprint density at radius 2 is 1.94 bits per heavy atom. The molecule has 3 rings (SSSR count). The monoisotopic (exact) mass is 238 g/mol. The lowest BCUT2D eigenvalue weighted by Gasteiger charge is -1.97. The number of hydrogen-bond donors (Lipinski definition) is 1. The fourth-order valence-electron chi connectivity index (χ4n) is 1.93. The van der Waals surface area contributed by atoms with E-state index in [9.17, 15) is 0 Å². The van der Waals surface area contributed by atoms with E-state index in [1.165, 1.54) is 11.1 Å². The molecule has 0 atom stereocenters. The maximum absolute atomic E-state index is 5.86. The first-order valence-corrected chi connectivity index (χ1v) is 5.88. The summed E-state index contributed by atoms with van der Waals surface area (Å²) in [6.07, 6.45) is 2.58. The van der Waals surface area contributed by atoms with Gasteiger partial charge in [-0.15, -0.1) is 0 Å². The minimum atomic E-state index is 0.653. The Hall–Kier alpha value is -2.36. The van der Waals surface area contributed by atoms with Gasteiger partial charge in [0, 0.05) is 12.6 Å². The van der Waals surface area contributed by atoms with Crippen LogP contribution >= 0.6 is 0 Å². The van der Waals surface area contributed by atoms with Gasteiger partial charge in [-0.1, -0.05) is 29.8 Å². The first-order valence-electron chi connectivity index (χ1n) is 5.88. The van der Waals surface area contributed by atoms with Crippen molar-refractivity contribution >= 4 is 11.3 Å². The summed E-state index contributed by atoms with van der Waals surface area (Å²) in [6.45, 7) is 2.08. The Bertz CT molecular complexity index is 683. The molecule has 18 heavy (non-hydrogen) atoms. The second-order valence-corrected chi connectivity index (χ2v) is 4.42. The van der Waals surface area contributed by atoms with Crippen molar-refractivity contribution in [3.05, 3.63) is 59.5 Å². The molecule has 0 aliphatic rings. The molecule has 2 N–H and O–H groups in total. The number of aryl methyl sites for hydroxylation is 1. The highest BCUT2D eigenvalue weighted by atomic mass is 15.3. The molecule has 0 fully saturated rings. The molecule has 2 heterocycles. The fourth-order valence-corrected chi connectivity index (χ4v) is 1.93. The zero-order chi connectivity index (χ0) is 12.5. The number of fused-ring (bicyclic) bond motifs is 1. The standard InChI is InChI=1S/C14H14N4/c1-10-4-6-11(7-5-10)9-13-16-14-12(15)3-2-8-18(14)17-13/h2-8H,9,15H2,1H3. The Balaban J connectivity index is 1.95. The van der Waals surface area contributed by atoms with Crippen molar-refractivity contribution in [2.75, 3.05) is 5.73 Å². The van der Waals surface area contributed by atoms with Gasteiger partial charge < -0.3 is 5.73 Å². The highest BCUT2D eigenvalue weighted by Gasteiger charge is 2.06. The molecule has 0 saturated heterocycles. The molecule has 0 saturated carbocycles. The number of pyridine rings is 1. The number of anilines is 1. The SMILES string of the molecule is Cc1ccc(Cc2nc3c(N)cccn3n2)cc1. The van der Waals surface area contributed by atoms with Crippen molar-refractivity contribution in [1.82, 2.24) is 14.6 Å². The summed E-state index contributed by atoms with van der Waals surface area (Å²) >= 11 is 0. The Kier molecular flexibility index (Phi) is 2.48. The molecule has 4 heteroatoms. The molecule has 2 aromatic heterocycles. The van der Waals surface area contributed by atoms with Gasteiger partial charge in [0.1, 0.15) is 0 Å². The van der Waals surface area contributed by atoms with Gasteiger partial charge in [0.2, 0.25) is 0 Å². The van der Waals surface area contributed by atoms with Crippen molar-refractivity contribution in [3.63, 3.8) is 0 Å². The predicted molar refractivity (Wildman–Crippen MR) is 71.4 cm³/mol. The smallest absolute Gasteiger partial charge is 0.178 e. The van der Waals surface area contributed by atoms with Gasteiger partial charge in [-0.05, 0) is 24.6 Å². The van der Waals surface area contributed by atoms with E-state index in [0.29, 0.717) is 5.69 Å². The third-order valence-electron chi connectivity index (χ3n) is 2.92. The van der Waals surface area contributed by atoms with Crippen LogP contribution in [0.4, 0.5) is 5.69 Å². The van der Waals surface area contributed by atoms with Crippen LogP contribution in [0.15, 0.2) is 42.6 Å². The minimum absolute atomic E-state index is 0.653. The van der Waals surface area contributed by atoms with Crippen LogP contribution in [0.5, 0.6) is 0 Å². The van der Waals surface area contributed by atoms with Gasteiger partial charge in [0.15, 0.2) is 11.5 Å². The van der Waals surface area contributed by atoms with E-state index in [1.54, 1.807) is 4.52 Å². The number of benzene rings is 1. The van der Waals surface area contributed by atoms with Crippen LogP contribution in [0.1, 0.15) is 17.0 Å². The normalized spacial score (nSPS) is 10.9. The summed E-state index contributed by atoms with van der Waals surface area (Å²) in [5.41, 5.74) is 9.69. The molecule has 1 aromatic carbocycles. The largest absolute Gasteiger partial charge is 0.396 e. The molecule has 0 unspecified atom stereocenters.